The average Bonchev–Trinajstić information content (AvgIpc) is 2.58. The first-order valence-electron chi connectivity index (χ1n) is 6.39. The lowest BCUT2D eigenvalue weighted by molar-refractivity contribution is 0.0504. The van der Waals surface area contributed by atoms with E-state index in [1.807, 2.05) is 20.8 Å². The van der Waals surface area contributed by atoms with Gasteiger partial charge in [-0.25, -0.2) is 9.48 Å². The number of aromatic nitrogens is 3. The molecule has 0 amide bonds. The summed E-state index contributed by atoms with van der Waals surface area (Å²) in [6.45, 7) is 11.6. The molecule has 1 aromatic heterocycles. The molecule has 0 aliphatic carbocycles. The molecular weight excluding hydrogens is 246 g/mol. The number of carbonyl (C=O) groups excluding carboxylic acids is 1. The first-order chi connectivity index (χ1) is 8.56. The number of hydrogen-bond donors (Lipinski definition) is 1. The zero-order valence-corrected chi connectivity index (χ0v) is 12.5. The highest BCUT2D eigenvalue weighted by molar-refractivity contribution is 5.88. The maximum atomic E-state index is 11.9. The molecule has 0 saturated carbocycles. The van der Waals surface area contributed by atoms with Crippen molar-refractivity contribution in [2.45, 2.75) is 59.1 Å². The minimum absolute atomic E-state index is 0.221. The minimum atomic E-state index is -0.931. The van der Waals surface area contributed by atoms with E-state index in [9.17, 15) is 9.90 Å². The normalized spacial score (nSPS) is 12.6. The number of nitrogens with zero attached hydrogens (tertiary/aromatic N) is 3. The lowest BCUT2D eigenvalue weighted by Gasteiger charge is -2.24. The van der Waals surface area contributed by atoms with Crippen molar-refractivity contribution in [2.75, 3.05) is 6.61 Å². The van der Waals surface area contributed by atoms with Crippen LogP contribution < -0.4 is 0 Å². The van der Waals surface area contributed by atoms with Gasteiger partial charge in [-0.2, -0.15) is 0 Å². The van der Waals surface area contributed by atoms with E-state index in [-0.39, 0.29) is 17.7 Å². The Bertz CT molecular complexity index is 453. The maximum Gasteiger partial charge on any atom is 0.360 e. The molecule has 0 radical (unpaired) electrons. The van der Waals surface area contributed by atoms with Gasteiger partial charge < -0.3 is 9.84 Å². The Labute approximate surface area is 113 Å². The third-order valence-corrected chi connectivity index (χ3v) is 2.45. The first kappa shape index (κ1) is 15.6. The van der Waals surface area contributed by atoms with Gasteiger partial charge in [-0.3, -0.25) is 0 Å². The van der Waals surface area contributed by atoms with Gasteiger partial charge >= 0.3 is 5.97 Å². The third kappa shape index (κ3) is 4.02. The molecule has 6 nitrogen and oxygen atoms in total. The molecule has 0 fully saturated rings. The smallest absolute Gasteiger partial charge is 0.360 e. The third-order valence-electron chi connectivity index (χ3n) is 2.45. The van der Waals surface area contributed by atoms with Crippen molar-refractivity contribution in [3.05, 3.63) is 11.4 Å². The molecule has 19 heavy (non-hydrogen) atoms. The highest BCUT2D eigenvalue weighted by Crippen LogP contribution is 2.26. The number of hydrogen-bond acceptors (Lipinski definition) is 5. The van der Waals surface area contributed by atoms with Gasteiger partial charge in [-0.1, -0.05) is 26.0 Å². The van der Waals surface area contributed by atoms with E-state index in [0.717, 1.165) is 0 Å². The monoisotopic (exact) mass is 269 g/mol. The van der Waals surface area contributed by atoms with Crippen LogP contribution in [0.15, 0.2) is 0 Å². The quantitative estimate of drug-likeness (QED) is 0.839. The van der Waals surface area contributed by atoms with Crippen LogP contribution in [0.3, 0.4) is 0 Å². The number of rotatable bonds is 4. The Kier molecular flexibility index (Phi) is 4.35. The average molecular weight is 269 g/mol. The first-order valence-corrected chi connectivity index (χ1v) is 6.39. The van der Waals surface area contributed by atoms with Gasteiger partial charge in [0.05, 0.1) is 24.4 Å². The Morgan fingerprint density at radius 2 is 1.89 bits per heavy atom. The van der Waals surface area contributed by atoms with Crippen molar-refractivity contribution < 1.29 is 14.6 Å². The van der Waals surface area contributed by atoms with E-state index in [4.69, 9.17) is 4.74 Å². The highest BCUT2D eigenvalue weighted by Gasteiger charge is 2.31. The van der Waals surface area contributed by atoms with Gasteiger partial charge in [0, 0.05) is 5.41 Å². The molecule has 0 unspecified atom stereocenters. The summed E-state index contributed by atoms with van der Waals surface area (Å²) in [6.07, 6.45) is 0. The lowest BCUT2D eigenvalue weighted by Crippen LogP contribution is -2.31. The van der Waals surface area contributed by atoms with E-state index < -0.39 is 11.6 Å². The van der Waals surface area contributed by atoms with E-state index in [2.05, 4.69) is 10.3 Å². The molecule has 0 saturated heterocycles. The molecule has 1 heterocycles. The van der Waals surface area contributed by atoms with Crippen molar-refractivity contribution in [3.63, 3.8) is 0 Å². The lowest BCUT2D eigenvalue weighted by atomic mass is 9.90. The number of carbonyl (C=O) groups is 1. The van der Waals surface area contributed by atoms with Gasteiger partial charge in [-0.15, -0.1) is 5.10 Å². The number of ether oxygens (including phenoxy) is 1. The Morgan fingerprint density at radius 1 is 1.32 bits per heavy atom. The van der Waals surface area contributed by atoms with Crippen molar-refractivity contribution in [1.29, 1.82) is 0 Å². The molecule has 1 N–H and O–H groups in total. The highest BCUT2D eigenvalue weighted by atomic mass is 16.5. The second-order valence-electron chi connectivity index (χ2n) is 6.23. The summed E-state index contributed by atoms with van der Waals surface area (Å²) >= 11 is 0. The fraction of sp³-hybridized carbons (Fsp3) is 0.769. The van der Waals surface area contributed by atoms with Gasteiger partial charge in [-0.05, 0) is 20.8 Å². The topological polar surface area (TPSA) is 77.2 Å². The van der Waals surface area contributed by atoms with Crippen molar-refractivity contribution in [3.8, 4) is 0 Å². The second kappa shape index (κ2) is 5.28. The zero-order valence-electron chi connectivity index (χ0n) is 12.5. The summed E-state index contributed by atoms with van der Waals surface area (Å²) in [7, 11) is 0. The van der Waals surface area contributed by atoms with Crippen LogP contribution in [-0.4, -0.2) is 38.3 Å². The Balaban J connectivity index is 3.24. The van der Waals surface area contributed by atoms with Crippen LogP contribution in [0.2, 0.25) is 0 Å². The van der Waals surface area contributed by atoms with Crippen LogP contribution in [0.5, 0.6) is 0 Å². The predicted molar refractivity (Wildman–Crippen MR) is 71.0 cm³/mol. The minimum Gasteiger partial charge on any atom is -0.461 e. The largest absolute Gasteiger partial charge is 0.461 e. The van der Waals surface area contributed by atoms with Crippen molar-refractivity contribution >= 4 is 5.97 Å². The molecule has 0 atom stereocenters. The Morgan fingerprint density at radius 3 is 2.32 bits per heavy atom. The van der Waals surface area contributed by atoms with E-state index >= 15 is 0 Å². The second-order valence-corrected chi connectivity index (χ2v) is 6.23. The van der Waals surface area contributed by atoms with Gasteiger partial charge in [0.15, 0.2) is 5.69 Å². The summed E-state index contributed by atoms with van der Waals surface area (Å²) in [6, 6.07) is 0. The summed E-state index contributed by atoms with van der Waals surface area (Å²) in [5.41, 5.74) is -0.358. The molecule has 108 valence electrons. The molecular formula is C13H23N3O3. The van der Waals surface area contributed by atoms with Gasteiger partial charge in [0.25, 0.3) is 0 Å². The van der Waals surface area contributed by atoms with E-state index in [0.29, 0.717) is 12.3 Å². The Hall–Kier alpha value is -1.43. The number of aliphatic hydroxyl groups is 1. The van der Waals surface area contributed by atoms with Crippen LogP contribution >= 0.6 is 0 Å². The van der Waals surface area contributed by atoms with Crippen LogP contribution in [0.4, 0.5) is 0 Å². The number of esters is 1. The molecule has 6 heteroatoms. The fourth-order valence-corrected chi connectivity index (χ4v) is 1.87. The summed E-state index contributed by atoms with van der Waals surface area (Å²) in [5, 5.41) is 17.8. The van der Waals surface area contributed by atoms with Gasteiger partial charge in [0.1, 0.15) is 0 Å². The summed E-state index contributed by atoms with van der Waals surface area (Å²) in [4.78, 5) is 11.9. The molecule has 0 aliphatic heterocycles. The van der Waals surface area contributed by atoms with Crippen LogP contribution in [0, 0.1) is 0 Å². The van der Waals surface area contributed by atoms with Crippen LogP contribution in [-0.2, 0) is 16.7 Å². The standard InChI is InChI=1S/C13H23N3O3/c1-7-19-11(17)9-10(12(2,3)4)16(15-14-9)8-13(5,6)18/h18H,7-8H2,1-6H3. The van der Waals surface area contributed by atoms with Crippen LogP contribution in [0.1, 0.15) is 57.7 Å². The molecule has 1 rings (SSSR count). The zero-order chi connectivity index (χ0) is 14.8. The van der Waals surface area contributed by atoms with E-state index in [1.54, 1.807) is 25.5 Å². The van der Waals surface area contributed by atoms with Crippen molar-refractivity contribution in [2.24, 2.45) is 0 Å². The molecule has 0 spiro atoms. The molecule has 0 aromatic carbocycles. The van der Waals surface area contributed by atoms with Crippen LogP contribution in [0.25, 0.3) is 0 Å². The maximum absolute atomic E-state index is 11.9. The summed E-state index contributed by atoms with van der Waals surface area (Å²) in [5.74, 6) is -0.477. The van der Waals surface area contributed by atoms with Crippen molar-refractivity contribution in [1.82, 2.24) is 15.0 Å². The summed E-state index contributed by atoms with van der Waals surface area (Å²) < 4.78 is 6.57. The molecule has 0 aliphatic rings. The molecule has 1 aromatic rings. The fourth-order valence-electron chi connectivity index (χ4n) is 1.87. The predicted octanol–water partition coefficient (Wildman–Crippen LogP) is 1.52. The van der Waals surface area contributed by atoms with E-state index in [1.165, 1.54) is 0 Å². The van der Waals surface area contributed by atoms with Gasteiger partial charge in [0.2, 0.25) is 0 Å². The molecule has 0 bridgehead atoms. The SMILES string of the molecule is CCOC(=O)c1nnn(CC(C)(C)O)c1C(C)(C)C.